The lowest BCUT2D eigenvalue weighted by Crippen LogP contribution is -2.38. The average molecular weight is 290 g/mol. The molecule has 0 bridgehead atoms. The molecule has 1 aliphatic rings. The summed E-state index contributed by atoms with van der Waals surface area (Å²) in [7, 11) is 0. The topological polar surface area (TPSA) is 102 Å². The Hall–Kier alpha value is -2.64. The van der Waals surface area contributed by atoms with Gasteiger partial charge in [-0.3, -0.25) is 0 Å². The molecule has 1 N–H and O–H groups in total. The van der Waals surface area contributed by atoms with E-state index in [2.05, 4.69) is 15.0 Å². The first-order valence-corrected chi connectivity index (χ1v) is 6.60. The number of hydrogen-bond acceptors (Lipinski definition) is 7. The molecule has 0 amide bonds. The molecule has 0 spiro atoms. The van der Waals surface area contributed by atoms with E-state index in [9.17, 15) is 4.79 Å². The number of carbonyl (C=O) groups is 1. The fourth-order valence-corrected chi connectivity index (χ4v) is 2.17. The molecule has 110 valence electrons. The largest absolute Gasteiger partial charge is 0.476 e. The van der Waals surface area contributed by atoms with E-state index in [1.807, 2.05) is 4.90 Å². The molecule has 1 aliphatic heterocycles. The Labute approximate surface area is 120 Å². The Bertz CT molecular complexity index is 608. The van der Waals surface area contributed by atoms with Gasteiger partial charge in [0.2, 0.25) is 0 Å². The van der Waals surface area contributed by atoms with Gasteiger partial charge in [0.15, 0.2) is 5.69 Å². The third-order valence-electron chi connectivity index (χ3n) is 3.24. The molecular formula is C13H14N4O4. The van der Waals surface area contributed by atoms with Crippen molar-refractivity contribution in [2.45, 2.75) is 18.9 Å². The fourth-order valence-electron chi connectivity index (χ4n) is 2.17. The maximum Gasteiger partial charge on any atom is 0.357 e. The molecule has 0 aromatic carbocycles. The molecular weight excluding hydrogens is 276 g/mol. The number of ether oxygens (including phenoxy) is 1. The maximum absolute atomic E-state index is 10.8. The summed E-state index contributed by atoms with van der Waals surface area (Å²) in [5, 5.41) is 8.83. The van der Waals surface area contributed by atoms with Crippen LogP contribution in [0.5, 0.6) is 6.01 Å². The molecule has 1 saturated heterocycles. The highest BCUT2D eigenvalue weighted by atomic mass is 16.5. The number of hydrogen-bond donors (Lipinski definition) is 1. The number of piperidine rings is 1. The zero-order valence-corrected chi connectivity index (χ0v) is 11.2. The number of rotatable bonds is 4. The molecule has 8 heteroatoms. The van der Waals surface area contributed by atoms with Gasteiger partial charge < -0.3 is 19.2 Å². The van der Waals surface area contributed by atoms with E-state index in [0.717, 1.165) is 19.1 Å². The van der Waals surface area contributed by atoms with Crippen LogP contribution >= 0.6 is 0 Å². The number of anilines is 1. The van der Waals surface area contributed by atoms with Gasteiger partial charge in [0.25, 0.3) is 6.01 Å². The molecule has 3 heterocycles. The van der Waals surface area contributed by atoms with Crippen LogP contribution in [0, 0.1) is 0 Å². The second-order valence-electron chi connectivity index (χ2n) is 4.66. The van der Waals surface area contributed by atoms with Gasteiger partial charge in [0, 0.05) is 38.3 Å². The number of carboxylic acid groups (broad SMARTS) is 1. The summed E-state index contributed by atoms with van der Waals surface area (Å²) in [6, 6.07) is 2.44. The van der Waals surface area contributed by atoms with Crippen LogP contribution in [-0.4, -0.2) is 45.2 Å². The smallest absolute Gasteiger partial charge is 0.357 e. The van der Waals surface area contributed by atoms with E-state index in [1.54, 1.807) is 18.5 Å². The van der Waals surface area contributed by atoms with Gasteiger partial charge >= 0.3 is 12.0 Å². The molecule has 21 heavy (non-hydrogen) atoms. The van der Waals surface area contributed by atoms with Crippen molar-refractivity contribution in [3.63, 3.8) is 0 Å². The molecule has 0 saturated carbocycles. The SMILES string of the molecule is O=C(O)c1coc(N2CCC(Oc3ncccn3)CC2)n1. The fraction of sp³-hybridized carbons (Fsp3) is 0.385. The summed E-state index contributed by atoms with van der Waals surface area (Å²) in [5.74, 6) is -1.09. The van der Waals surface area contributed by atoms with Gasteiger partial charge in [-0.1, -0.05) is 0 Å². The van der Waals surface area contributed by atoms with E-state index < -0.39 is 5.97 Å². The van der Waals surface area contributed by atoms with E-state index in [0.29, 0.717) is 25.1 Å². The highest BCUT2D eigenvalue weighted by Crippen LogP contribution is 2.21. The molecule has 0 aliphatic carbocycles. The van der Waals surface area contributed by atoms with Crippen LogP contribution < -0.4 is 9.64 Å². The number of aromatic nitrogens is 3. The summed E-state index contributed by atoms with van der Waals surface area (Å²) in [6.45, 7) is 1.36. The molecule has 0 unspecified atom stereocenters. The van der Waals surface area contributed by atoms with Gasteiger partial charge in [-0.05, 0) is 6.07 Å². The van der Waals surface area contributed by atoms with Crippen LogP contribution in [0.3, 0.4) is 0 Å². The van der Waals surface area contributed by atoms with Crippen LogP contribution in [0.2, 0.25) is 0 Å². The number of oxazole rings is 1. The normalized spacial score (nSPS) is 15.9. The van der Waals surface area contributed by atoms with Gasteiger partial charge in [-0.2, -0.15) is 4.98 Å². The third-order valence-corrected chi connectivity index (χ3v) is 3.24. The van der Waals surface area contributed by atoms with E-state index in [4.69, 9.17) is 14.3 Å². The average Bonchev–Trinajstić information content (AvgIpc) is 2.99. The molecule has 8 nitrogen and oxygen atoms in total. The van der Waals surface area contributed by atoms with Crippen molar-refractivity contribution in [3.8, 4) is 6.01 Å². The molecule has 0 atom stereocenters. The number of aromatic carboxylic acids is 1. The second kappa shape index (κ2) is 5.78. The predicted octanol–water partition coefficient (Wildman–Crippen LogP) is 1.21. The van der Waals surface area contributed by atoms with Crippen molar-refractivity contribution < 1.29 is 19.1 Å². The van der Waals surface area contributed by atoms with Gasteiger partial charge in [-0.25, -0.2) is 14.8 Å². The lowest BCUT2D eigenvalue weighted by molar-refractivity contribution is 0.0690. The molecule has 1 fully saturated rings. The van der Waals surface area contributed by atoms with Gasteiger partial charge in [-0.15, -0.1) is 0 Å². The van der Waals surface area contributed by atoms with Crippen LogP contribution in [0.1, 0.15) is 23.3 Å². The Morgan fingerprint density at radius 2 is 2.05 bits per heavy atom. The lowest BCUT2D eigenvalue weighted by Gasteiger charge is -2.30. The summed E-state index contributed by atoms with van der Waals surface area (Å²) in [6.07, 6.45) is 6.00. The minimum atomic E-state index is -1.09. The Morgan fingerprint density at radius 3 is 2.67 bits per heavy atom. The first-order valence-electron chi connectivity index (χ1n) is 6.60. The summed E-state index contributed by atoms with van der Waals surface area (Å²) in [5.41, 5.74) is -0.0824. The highest BCUT2D eigenvalue weighted by molar-refractivity contribution is 5.85. The van der Waals surface area contributed by atoms with Crippen LogP contribution in [0.15, 0.2) is 29.1 Å². The van der Waals surface area contributed by atoms with Crippen LogP contribution in [0.25, 0.3) is 0 Å². The zero-order valence-electron chi connectivity index (χ0n) is 11.2. The highest BCUT2D eigenvalue weighted by Gasteiger charge is 2.24. The maximum atomic E-state index is 10.8. The van der Waals surface area contributed by atoms with Crippen LogP contribution in [0.4, 0.5) is 6.01 Å². The minimum absolute atomic E-state index is 0.0394. The first kappa shape index (κ1) is 13.3. The second-order valence-corrected chi connectivity index (χ2v) is 4.66. The first-order chi connectivity index (χ1) is 10.2. The summed E-state index contributed by atoms with van der Waals surface area (Å²) < 4.78 is 10.9. The van der Waals surface area contributed by atoms with Crippen molar-refractivity contribution in [2.24, 2.45) is 0 Å². The lowest BCUT2D eigenvalue weighted by atomic mass is 10.1. The third kappa shape index (κ3) is 3.10. The van der Waals surface area contributed by atoms with E-state index in [1.165, 1.54) is 0 Å². The summed E-state index contributed by atoms with van der Waals surface area (Å²) >= 11 is 0. The molecule has 0 radical (unpaired) electrons. The zero-order chi connectivity index (χ0) is 14.7. The Kier molecular flexibility index (Phi) is 3.67. The predicted molar refractivity (Wildman–Crippen MR) is 71.4 cm³/mol. The monoisotopic (exact) mass is 290 g/mol. The van der Waals surface area contributed by atoms with Crippen molar-refractivity contribution >= 4 is 12.0 Å². The van der Waals surface area contributed by atoms with Gasteiger partial charge in [0.05, 0.1) is 0 Å². The van der Waals surface area contributed by atoms with E-state index >= 15 is 0 Å². The van der Waals surface area contributed by atoms with Gasteiger partial charge in [0.1, 0.15) is 12.4 Å². The Morgan fingerprint density at radius 1 is 1.33 bits per heavy atom. The van der Waals surface area contributed by atoms with E-state index in [-0.39, 0.29) is 11.8 Å². The minimum Gasteiger partial charge on any atom is -0.476 e. The molecule has 2 aromatic heterocycles. The van der Waals surface area contributed by atoms with Crippen molar-refractivity contribution in [1.82, 2.24) is 15.0 Å². The molecule has 2 aromatic rings. The quantitative estimate of drug-likeness (QED) is 0.896. The number of nitrogens with zero attached hydrogens (tertiary/aromatic N) is 4. The summed E-state index contributed by atoms with van der Waals surface area (Å²) in [4.78, 5) is 24.7. The van der Waals surface area contributed by atoms with Crippen molar-refractivity contribution in [3.05, 3.63) is 30.4 Å². The Balaban J connectivity index is 1.56. The van der Waals surface area contributed by atoms with Crippen LogP contribution in [-0.2, 0) is 0 Å². The van der Waals surface area contributed by atoms with Crippen molar-refractivity contribution in [2.75, 3.05) is 18.0 Å². The number of carboxylic acids is 1. The standard InChI is InChI=1S/C13H14N4O4/c18-11(19)10-8-20-13(16-10)17-6-2-9(3-7-17)21-12-14-4-1-5-15-12/h1,4-5,8-9H,2-3,6-7H2,(H,18,19). The molecule has 3 rings (SSSR count). The van der Waals surface area contributed by atoms with Crippen molar-refractivity contribution in [1.29, 1.82) is 0 Å².